The van der Waals surface area contributed by atoms with Gasteiger partial charge in [0.1, 0.15) is 5.75 Å². The Morgan fingerprint density at radius 3 is 2.47 bits per heavy atom. The average molecular weight is 300 g/mol. The Kier molecular flexibility index (Phi) is 5.00. The second kappa shape index (κ2) is 6.05. The molecule has 0 aliphatic carbocycles. The van der Waals surface area contributed by atoms with Crippen molar-refractivity contribution < 1.29 is 9.53 Å². The predicted molar refractivity (Wildman–Crippen MR) is 72.1 cm³/mol. The molecule has 4 heteroatoms. The number of hydrogen-bond acceptors (Lipinski definition) is 2. The molecule has 0 saturated carbocycles. The predicted octanol–water partition coefficient (Wildman–Crippen LogP) is 3.13. The van der Waals surface area contributed by atoms with E-state index in [2.05, 4.69) is 21.2 Å². The molecule has 1 aromatic rings. The van der Waals surface area contributed by atoms with E-state index in [0.717, 1.165) is 10.9 Å². The van der Waals surface area contributed by atoms with Crippen LogP contribution < -0.4 is 10.1 Å². The third kappa shape index (κ3) is 5.22. The lowest BCUT2D eigenvalue weighted by atomic mass is 10.0. The van der Waals surface area contributed by atoms with Gasteiger partial charge in [-0.1, -0.05) is 22.9 Å². The maximum Gasteiger partial charge on any atom is 0.258 e. The first-order chi connectivity index (χ1) is 7.93. The third-order valence-corrected chi connectivity index (χ3v) is 3.07. The lowest BCUT2D eigenvalue weighted by Gasteiger charge is -2.24. The molecule has 0 atom stereocenters. The lowest BCUT2D eigenvalue weighted by Crippen LogP contribution is -2.44. The van der Waals surface area contributed by atoms with Crippen LogP contribution in [-0.4, -0.2) is 18.1 Å². The number of carbonyl (C=O) groups is 1. The van der Waals surface area contributed by atoms with Crippen LogP contribution in [0.1, 0.15) is 27.2 Å². The molecule has 0 aliphatic rings. The number of carbonyl (C=O) groups excluding carboxylic acids is 1. The minimum Gasteiger partial charge on any atom is -0.484 e. The van der Waals surface area contributed by atoms with Crippen molar-refractivity contribution in [3.63, 3.8) is 0 Å². The van der Waals surface area contributed by atoms with Crippen molar-refractivity contribution >= 4 is 21.8 Å². The third-order valence-electron chi connectivity index (χ3n) is 2.55. The smallest absolute Gasteiger partial charge is 0.258 e. The number of amides is 1. The highest BCUT2D eigenvalue weighted by Crippen LogP contribution is 2.16. The topological polar surface area (TPSA) is 38.3 Å². The van der Waals surface area contributed by atoms with E-state index in [1.807, 2.05) is 45.0 Å². The standard InChI is InChI=1S/C13H18BrNO2/c1-4-13(2,3)15-12(16)9-17-11-7-5-10(14)6-8-11/h5-8H,4,9H2,1-3H3,(H,15,16). The molecule has 17 heavy (non-hydrogen) atoms. The molecule has 0 unspecified atom stereocenters. The van der Waals surface area contributed by atoms with Crippen molar-refractivity contribution in [2.45, 2.75) is 32.7 Å². The van der Waals surface area contributed by atoms with Gasteiger partial charge in [-0.15, -0.1) is 0 Å². The fraction of sp³-hybridized carbons (Fsp3) is 0.462. The van der Waals surface area contributed by atoms with Crippen LogP contribution in [-0.2, 0) is 4.79 Å². The molecule has 94 valence electrons. The van der Waals surface area contributed by atoms with Crippen molar-refractivity contribution in [2.24, 2.45) is 0 Å². The molecule has 1 rings (SSSR count). The summed E-state index contributed by atoms with van der Waals surface area (Å²) >= 11 is 3.34. The van der Waals surface area contributed by atoms with Crippen molar-refractivity contribution in [3.8, 4) is 5.75 Å². The van der Waals surface area contributed by atoms with Crippen LogP contribution in [0.3, 0.4) is 0 Å². The number of ether oxygens (including phenoxy) is 1. The molecule has 0 spiro atoms. The summed E-state index contributed by atoms with van der Waals surface area (Å²) in [5.74, 6) is 0.595. The Morgan fingerprint density at radius 2 is 1.94 bits per heavy atom. The number of halogens is 1. The molecule has 0 fully saturated rings. The van der Waals surface area contributed by atoms with Gasteiger partial charge in [-0.25, -0.2) is 0 Å². The highest BCUT2D eigenvalue weighted by atomic mass is 79.9. The maximum absolute atomic E-state index is 11.6. The summed E-state index contributed by atoms with van der Waals surface area (Å²) in [4.78, 5) is 11.6. The second-order valence-electron chi connectivity index (χ2n) is 4.53. The Hall–Kier alpha value is -1.03. The zero-order chi connectivity index (χ0) is 12.9. The number of benzene rings is 1. The van der Waals surface area contributed by atoms with Gasteiger partial charge in [0, 0.05) is 10.0 Å². The van der Waals surface area contributed by atoms with Crippen LogP contribution in [0.25, 0.3) is 0 Å². The maximum atomic E-state index is 11.6. The van der Waals surface area contributed by atoms with E-state index >= 15 is 0 Å². The largest absolute Gasteiger partial charge is 0.484 e. The molecule has 0 saturated heterocycles. The van der Waals surface area contributed by atoms with Gasteiger partial charge < -0.3 is 10.1 Å². The Morgan fingerprint density at radius 1 is 1.35 bits per heavy atom. The fourth-order valence-corrected chi connectivity index (χ4v) is 1.45. The highest BCUT2D eigenvalue weighted by molar-refractivity contribution is 9.10. The molecule has 0 aromatic heterocycles. The van der Waals surface area contributed by atoms with Crippen LogP contribution >= 0.6 is 15.9 Å². The van der Waals surface area contributed by atoms with Crippen molar-refractivity contribution in [1.82, 2.24) is 5.32 Å². The SMILES string of the molecule is CCC(C)(C)NC(=O)COc1ccc(Br)cc1. The summed E-state index contributed by atoms with van der Waals surface area (Å²) in [6, 6.07) is 7.40. The zero-order valence-electron chi connectivity index (χ0n) is 10.4. The zero-order valence-corrected chi connectivity index (χ0v) is 12.0. The van der Waals surface area contributed by atoms with Gasteiger partial charge in [0.25, 0.3) is 5.91 Å². The van der Waals surface area contributed by atoms with E-state index in [1.165, 1.54) is 0 Å². The monoisotopic (exact) mass is 299 g/mol. The first-order valence-corrected chi connectivity index (χ1v) is 6.41. The van der Waals surface area contributed by atoms with Gasteiger partial charge in [-0.2, -0.15) is 0 Å². The van der Waals surface area contributed by atoms with E-state index in [4.69, 9.17) is 4.74 Å². The van der Waals surface area contributed by atoms with Crippen molar-refractivity contribution in [2.75, 3.05) is 6.61 Å². The number of rotatable bonds is 5. The van der Waals surface area contributed by atoms with E-state index in [0.29, 0.717) is 5.75 Å². The van der Waals surface area contributed by atoms with Gasteiger partial charge in [0.2, 0.25) is 0 Å². The Balaban J connectivity index is 2.41. The molecule has 0 bridgehead atoms. The molecule has 0 radical (unpaired) electrons. The summed E-state index contributed by atoms with van der Waals surface area (Å²) in [5.41, 5.74) is -0.180. The van der Waals surface area contributed by atoms with Gasteiger partial charge in [0.05, 0.1) is 0 Å². The highest BCUT2D eigenvalue weighted by Gasteiger charge is 2.17. The van der Waals surface area contributed by atoms with Crippen LogP contribution in [0.4, 0.5) is 0 Å². The van der Waals surface area contributed by atoms with Crippen molar-refractivity contribution in [3.05, 3.63) is 28.7 Å². The molecule has 1 aromatic carbocycles. The summed E-state index contributed by atoms with van der Waals surface area (Å²) in [6.07, 6.45) is 0.886. The van der Waals surface area contributed by atoms with E-state index in [1.54, 1.807) is 0 Å². The minimum absolute atomic E-state index is 0.0467. The lowest BCUT2D eigenvalue weighted by molar-refractivity contribution is -0.124. The van der Waals surface area contributed by atoms with Gasteiger partial charge in [-0.05, 0) is 44.5 Å². The summed E-state index contributed by atoms with van der Waals surface area (Å²) < 4.78 is 6.37. The Labute approximate surface area is 111 Å². The molecular formula is C13H18BrNO2. The van der Waals surface area contributed by atoms with Crippen LogP contribution in [0, 0.1) is 0 Å². The number of nitrogens with one attached hydrogen (secondary N) is 1. The average Bonchev–Trinajstić information content (AvgIpc) is 2.28. The minimum atomic E-state index is -0.180. The summed E-state index contributed by atoms with van der Waals surface area (Å²) in [7, 11) is 0. The quantitative estimate of drug-likeness (QED) is 0.907. The van der Waals surface area contributed by atoms with E-state index in [-0.39, 0.29) is 18.1 Å². The number of hydrogen-bond donors (Lipinski definition) is 1. The van der Waals surface area contributed by atoms with Crippen LogP contribution in [0.5, 0.6) is 5.75 Å². The van der Waals surface area contributed by atoms with E-state index < -0.39 is 0 Å². The van der Waals surface area contributed by atoms with Gasteiger partial charge in [-0.3, -0.25) is 4.79 Å². The molecule has 0 heterocycles. The molecule has 1 amide bonds. The summed E-state index contributed by atoms with van der Waals surface area (Å²) in [5, 5.41) is 2.91. The molecule has 1 N–H and O–H groups in total. The van der Waals surface area contributed by atoms with Gasteiger partial charge >= 0.3 is 0 Å². The van der Waals surface area contributed by atoms with Crippen LogP contribution in [0.15, 0.2) is 28.7 Å². The van der Waals surface area contributed by atoms with E-state index in [9.17, 15) is 4.79 Å². The second-order valence-corrected chi connectivity index (χ2v) is 5.44. The van der Waals surface area contributed by atoms with Crippen molar-refractivity contribution in [1.29, 1.82) is 0 Å². The van der Waals surface area contributed by atoms with Gasteiger partial charge in [0.15, 0.2) is 6.61 Å². The fourth-order valence-electron chi connectivity index (χ4n) is 1.18. The Bertz CT molecular complexity index is 374. The first kappa shape index (κ1) is 14.0. The first-order valence-electron chi connectivity index (χ1n) is 5.62. The molecule has 3 nitrogen and oxygen atoms in total. The molecular weight excluding hydrogens is 282 g/mol. The normalized spacial score (nSPS) is 11.1. The summed E-state index contributed by atoms with van der Waals surface area (Å²) in [6.45, 7) is 6.07. The molecule has 0 aliphatic heterocycles. The van der Waals surface area contributed by atoms with Crippen LogP contribution in [0.2, 0.25) is 0 Å².